The topological polar surface area (TPSA) is 84.2 Å². The number of anilines is 1. The Morgan fingerprint density at radius 2 is 1.86 bits per heavy atom. The summed E-state index contributed by atoms with van der Waals surface area (Å²) in [5.41, 5.74) is 4.23. The lowest BCUT2D eigenvalue weighted by molar-refractivity contribution is 0.0977. The zero-order valence-corrected chi connectivity index (χ0v) is 17.7. The Balaban J connectivity index is 1.54. The number of carbonyl (C=O) groups excluding carboxylic acids is 1. The lowest BCUT2D eigenvalue weighted by Gasteiger charge is -2.13. The van der Waals surface area contributed by atoms with E-state index in [4.69, 9.17) is 12.2 Å². The summed E-state index contributed by atoms with van der Waals surface area (Å²) in [6, 6.07) is 13.3. The molecule has 0 aliphatic rings. The second-order valence-electron chi connectivity index (χ2n) is 6.60. The molecule has 0 bridgehead atoms. The molecule has 1 amide bonds. The predicted octanol–water partition coefficient (Wildman–Crippen LogP) is 3.90. The van der Waals surface area contributed by atoms with Gasteiger partial charge in [-0.1, -0.05) is 41.7 Å². The second-order valence-corrected chi connectivity index (χ2v) is 7.97. The molecule has 0 atom stereocenters. The van der Waals surface area contributed by atoms with Crippen molar-refractivity contribution in [1.29, 1.82) is 0 Å². The fourth-order valence-corrected chi connectivity index (χ4v) is 3.96. The van der Waals surface area contributed by atoms with Crippen LogP contribution < -0.4 is 10.6 Å². The largest absolute Gasteiger partial charge is 0.332 e. The molecule has 9 heteroatoms. The molecular weight excluding hydrogens is 404 g/mol. The van der Waals surface area contributed by atoms with Crippen molar-refractivity contribution >= 4 is 45.2 Å². The minimum atomic E-state index is -0.237. The molecular formula is C20H18N6OS2. The zero-order valence-electron chi connectivity index (χ0n) is 16.1. The van der Waals surface area contributed by atoms with Gasteiger partial charge in [0, 0.05) is 16.8 Å². The van der Waals surface area contributed by atoms with Crippen LogP contribution in [0.5, 0.6) is 0 Å². The predicted molar refractivity (Wildman–Crippen MR) is 118 cm³/mol. The van der Waals surface area contributed by atoms with Crippen molar-refractivity contribution in [3.05, 3.63) is 65.0 Å². The summed E-state index contributed by atoms with van der Waals surface area (Å²) >= 11 is 6.81. The van der Waals surface area contributed by atoms with E-state index in [0.29, 0.717) is 5.56 Å². The lowest BCUT2D eigenvalue weighted by atomic mass is 10.1. The van der Waals surface area contributed by atoms with Gasteiger partial charge in [-0.05, 0) is 56.2 Å². The first-order valence-electron chi connectivity index (χ1n) is 8.90. The smallest absolute Gasteiger partial charge is 0.257 e. The minimum absolute atomic E-state index is 0.237. The number of aryl methyl sites for hydroxylation is 3. The number of hydrogen-bond acceptors (Lipinski definition) is 6. The van der Waals surface area contributed by atoms with Gasteiger partial charge >= 0.3 is 0 Å². The van der Waals surface area contributed by atoms with Crippen LogP contribution in [0.15, 0.2) is 42.5 Å². The molecule has 2 aromatic heterocycles. The number of thiocarbonyl (C=S) groups is 1. The van der Waals surface area contributed by atoms with E-state index < -0.39 is 0 Å². The van der Waals surface area contributed by atoms with E-state index in [1.807, 2.05) is 57.2 Å². The Labute approximate surface area is 176 Å². The van der Waals surface area contributed by atoms with Gasteiger partial charge in [-0.3, -0.25) is 10.1 Å². The van der Waals surface area contributed by atoms with Crippen molar-refractivity contribution in [2.24, 2.45) is 0 Å². The van der Waals surface area contributed by atoms with Crippen LogP contribution in [-0.4, -0.2) is 30.8 Å². The highest BCUT2D eigenvalue weighted by atomic mass is 32.1. The van der Waals surface area contributed by atoms with Crippen molar-refractivity contribution < 1.29 is 4.79 Å². The third-order valence-electron chi connectivity index (χ3n) is 4.50. The molecule has 7 nitrogen and oxygen atoms in total. The Morgan fingerprint density at radius 3 is 2.62 bits per heavy atom. The number of rotatable bonds is 3. The number of fused-ring (bicyclic) bond motifs is 1. The Kier molecular flexibility index (Phi) is 5.08. The number of nitrogens with zero attached hydrogens (tertiary/aromatic N) is 4. The van der Waals surface area contributed by atoms with Crippen LogP contribution in [0, 0.1) is 20.8 Å². The van der Waals surface area contributed by atoms with E-state index in [9.17, 15) is 4.79 Å². The maximum atomic E-state index is 12.5. The van der Waals surface area contributed by atoms with Gasteiger partial charge in [0.1, 0.15) is 5.01 Å². The molecule has 0 saturated heterocycles. The molecule has 2 N–H and O–H groups in total. The highest BCUT2D eigenvalue weighted by Crippen LogP contribution is 2.29. The van der Waals surface area contributed by atoms with Gasteiger partial charge in [-0.2, -0.15) is 9.61 Å². The molecule has 0 aliphatic heterocycles. The van der Waals surface area contributed by atoms with Gasteiger partial charge in [-0.25, -0.2) is 0 Å². The Morgan fingerprint density at radius 1 is 1.07 bits per heavy atom. The first-order valence-corrected chi connectivity index (χ1v) is 10.1. The average molecular weight is 423 g/mol. The highest BCUT2D eigenvalue weighted by molar-refractivity contribution is 7.80. The number of carbonyl (C=O) groups is 1. The molecule has 0 saturated carbocycles. The number of benzene rings is 2. The minimum Gasteiger partial charge on any atom is -0.332 e. The van der Waals surface area contributed by atoms with Crippen molar-refractivity contribution in [3.63, 3.8) is 0 Å². The van der Waals surface area contributed by atoms with E-state index in [-0.39, 0.29) is 11.0 Å². The van der Waals surface area contributed by atoms with E-state index >= 15 is 0 Å². The third kappa shape index (κ3) is 3.87. The van der Waals surface area contributed by atoms with E-state index in [0.717, 1.165) is 38.2 Å². The van der Waals surface area contributed by atoms with Gasteiger partial charge in [0.15, 0.2) is 10.9 Å². The fourth-order valence-electron chi connectivity index (χ4n) is 2.87. The molecule has 0 radical (unpaired) electrons. The third-order valence-corrected chi connectivity index (χ3v) is 5.65. The molecule has 4 aromatic rings. The zero-order chi connectivity index (χ0) is 20.5. The maximum Gasteiger partial charge on any atom is 0.257 e. The lowest BCUT2D eigenvalue weighted by Crippen LogP contribution is -2.34. The summed E-state index contributed by atoms with van der Waals surface area (Å²) in [6.07, 6.45) is 0. The molecule has 0 aliphatic carbocycles. The van der Waals surface area contributed by atoms with E-state index in [1.165, 1.54) is 11.3 Å². The Hall–Kier alpha value is -3.17. The average Bonchev–Trinajstić information content (AvgIpc) is 3.26. The molecule has 0 fully saturated rings. The molecule has 2 heterocycles. The van der Waals surface area contributed by atoms with Gasteiger partial charge < -0.3 is 5.32 Å². The van der Waals surface area contributed by atoms with Crippen LogP contribution in [0.25, 0.3) is 15.5 Å². The standard InChI is InChI=1S/C20H18N6OS2/c1-11-6-4-5-7-15(11)17(27)22-19(28)21-16-10-14(9-8-12(16)2)18-25-26-13(3)23-24-20(26)29-18/h4-10H,1-3H3,(H2,21,22,27,28). The van der Waals surface area contributed by atoms with Crippen LogP contribution in [0.3, 0.4) is 0 Å². The fraction of sp³-hybridized carbons (Fsp3) is 0.150. The highest BCUT2D eigenvalue weighted by Gasteiger charge is 2.14. The van der Waals surface area contributed by atoms with Crippen molar-refractivity contribution in [3.8, 4) is 10.6 Å². The normalized spacial score (nSPS) is 10.9. The summed E-state index contributed by atoms with van der Waals surface area (Å²) in [6.45, 7) is 5.73. The first-order chi connectivity index (χ1) is 13.9. The molecule has 0 spiro atoms. The van der Waals surface area contributed by atoms with Gasteiger partial charge in [-0.15, -0.1) is 10.2 Å². The van der Waals surface area contributed by atoms with Crippen LogP contribution >= 0.6 is 23.6 Å². The van der Waals surface area contributed by atoms with Crippen molar-refractivity contribution in [2.75, 3.05) is 5.32 Å². The molecule has 146 valence electrons. The maximum absolute atomic E-state index is 12.5. The summed E-state index contributed by atoms with van der Waals surface area (Å²) in [4.78, 5) is 13.2. The monoisotopic (exact) mass is 422 g/mol. The quantitative estimate of drug-likeness (QED) is 0.487. The van der Waals surface area contributed by atoms with E-state index in [1.54, 1.807) is 10.6 Å². The first kappa shape index (κ1) is 19.2. The molecule has 2 aromatic carbocycles. The summed E-state index contributed by atoms with van der Waals surface area (Å²) in [7, 11) is 0. The number of hydrogen-bond donors (Lipinski definition) is 2. The van der Waals surface area contributed by atoms with Crippen LogP contribution in [0.1, 0.15) is 27.3 Å². The van der Waals surface area contributed by atoms with Gasteiger partial charge in [0.25, 0.3) is 5.91 Å². The molecule has 4 rings (SSSR count). The van der Waals surface area contributed by atoms with Crippen LogP contribution in [0.4, 0.5) is 5.69 Å². The summed E-state index contributed by atoms with van der Waals surface area (Å²) < 4.78 is 1.72. The molecule has 0 unspecified atom stereocenters. The van der Waals surface area contributed by atoms with Gasteiger partial charge in [0.05, 0.1) is 0 Å². The SMILES string of the molecule is Cc1ccc(-c2nn3c(C)nnc3s2)cc1NC(=S)NC(=O)c1ccccc1C. The van der Waals surface area contributed by atoms with E-state index in [2.05, 4.69) is 25.9 Å². The van der Waals surface area contributed by atoms with Crippen LogP contribution in [-0.2, 0) is 0 Å². The number of nitrogens with one attached hydrogen (secondary N) is 2. The van der Waals surface area contributed by atoms with Gasteiger partial charge in [0.2, 0.25) is 4.96 Å². The van der Waals surface area contributed by atoms with Crippen molar-refractivity contribution in [2.45, 2.75) is 20.8 Å². The van der Waals surface area contributed by atoms with Crippen LogP contribution in [0.2, 0.25) is 0 Å². The second kappa shape index (κ2) is 7.69. The Bertz CT molecular complexity index is 1240. The van der Waals surface area contributed by atoms with Crippen molar-refractivity contribution in [1.82, 2.24) is 25.1 Å². The summed E-state index contributed by atoms with van der Waals surface area (Å²) in [5, 5.41) is 19.6. The molecule has 29 heavy (non-hydrogen) atoms. The number of amides is 1. The summed E-state index contributed by atoms with van der Waals surface area (Å²) in [5.74, 6) is 0.506. The number of aromatic nitrogens is 4.